The molecule has 1 saturated heterocycles. The number of thioether (sulfide) groups is 1. The Morgan fingerprint density at radius 1 is 1.13 bits per heavy atom. The molecule has 0 radical (unpaired) electrons. The Hall–Kier alpha value is -2.54. The summed E-state index contributed by atoms with van der Waals surface area (Å²) in [5.74, 6) is 0.206. The summed E-state index contributed by atoms with van der Waals surface area (Å²) in [6.07, 6.45) is 0.233. The quantitative estimate of drug-likeness (QED) is 0.357. The Balaban J connectivity index is 0.00000353. The second-order valence-electron chi connectivity index (χ2n) is 9.52. The van der Waals surface area contributed by atoms with Crippen LogP contribution < -0.4 is 5.32 Å². The number of benzene rings is 1. The lowest BCUT2D eigenvalue weighted by Crippen LogP contribution is -2.38. The third kappa shape index (κ3) is 5.98. The van der Waals surface area contributed by atoms with Crippen LogP contribution in [0.15, 0.2) is 63.5 Å². The maximum Gasteiger partial charge on any atom is 0.416 e. The van der Waals surface area contributed by atoms with Crippen molar-refractivity contribution in [3.05, 3.63) is 64.8 Å². The van der Waals surface area contributed by atoms with E-state index in [-0.39, 0.29) is 23.2 Å². The Kier molecular flexibility index (Phi) is 8.70. The third-order valence-corrected chi connectivity index (χ3v) is 10.2. The molecule has 1 N–H and O–H groups in total. The summed E-state index contributed by atoms with van der Waals surface area (Å²) in [6, 6.07) is 9.45. The lowest BCUT2D eigenvalue weighted by Gasteiger charge is -2.31. The van der Waals surface area contributed by atoms with Crippen LogP contribution >= 0.6 is 24.2 Å². The molecule has 5 rings (SSSR count). The largest absolute Gasteiger partial charge is 0.416 e. The second-order valence-corrected chi connectivity index (χ2v) is 12.5. The average molecular weight is 601 g/mol. The zero-order valence-electron chi connectivity index (χ0n) is 21.1. The predicted molar refractivity (Wildman–Crippen MR) is 146 cm³/mol. The molecule has 0 spiro atoms. The van der Waals surface area contributed by atoms with Gasteiger partial charge in [-0.05, 0) is 80.5 Å². The molecule has 2 aromatic heterocycles. The Bertz CT molecular complexity index is 1500. The number of amides is 1. The van der Waals surface area contributed by atoms with Gasteiger partial charge in [-0.1, -0.05) is 17.8 Å². The minimum Gasteiger partial charge on any atom is -0.352 e. The van der Waals surface area contributed by atoms with Crippen molar-refractivity contribution in [3.63, 3.8) is 0 Å². The molecule has 0 aliphatic carbocycles. The number of rotatable bonds is 7. The van der Waals surface area contributed by atoms with E-state index in [1.165, 1.54) is 16.1 Å². The summed E-state index contributed by atoms with van der Waals surface area (Å²) in [6.45, 7) is 3.09. The van der Waals surface area contributed by atoms with E-state index in [2.05, 4.69) is 10.3 Å². The molecule has 13 heteroatoms. The van der Waals surface area contributed by atoms with Gasteiger partial charge >= 0.3 is 6.18 Å². The van der Waals surface area contributed by atoms with Crippen LogP contribution in [0, 0.1) is 5.92 Å². The monoisotopic (exact) mass is 600 g/mol. The molecular weight excluding hydrogens is 573 g/mol. The van der Waals surface area contributed by atoms with E-state index in [0.29, 0.717) is 43.3 Å². The van der Waals surface area contributed by atoms with Gasteiger partial charge in [-0.2, -0.15) is 17.5 Å². The number of sulfonamides is 1. The van der Waals surface area contributed by atoms with Crippen molar-refractivity contribution in [2.75, 3.05) is 19.6 Å². The minimum atomic E-state index is -4.51. The number of halogens is 4. The number of alkyl halides is 3. The number of imidazole rings is 1. The van der Waals surface area contributed by atoms with Gasteiger partial charge in [0.15, 0.2) is 0 Å². The lowest BCUT2D eigenvalue weighted by atomic mass is 9.93. The lowest BCUT2D eigenvalue weighted by molar-refractivity contribution is -0.137. The number of hydrogen-bond acceptors (Lipinski definition) is 5. The minimum absolute atomic E-state index is 0. The Morgan fingerprint density at radius 3 is 2.49 bits per heavy atom. The van der Waals surface area contributed by atoms with E-state index in [0.717, 1.165) is 59.0 Å². The smallest absolute Gasteiger partial charge is 0.352 e. The van der Waals surface area contributed by atoms with Crippen molar-refractivity contribution in [1.29, 1.82) is 0 Å². The SMILES string of the molecule is CC1=C(C(=O)NCCCC2CCN(S(=O)(=O)c3ccc(C(F)(F)F)cc3)CC2)Sc2cccc3ncc1n23.Cl. The molecule has 39 heavy (non-hydrogen) atoms. The van der Waals surface area contributed by atoms with Crippen LogP contribution in [0.2, 0.25) is 0 Å². The normalized spacial score (nSPS) is 16.8. The molecule has 3 aromatic rings. The van der Waals surface area contributed by atoms with Gasteiger partial charge in [0, 0.05) is 19.6 Å². The molecule has 0 saturated carbocycles. The summed E-state index contributed by atoms with van der Waals surface area (Å²) in [7, 11) is -3.84. The standard InChI is InChI=1S/C26H27F3N4O3S2.ClH/c1-17-21-16-31-22-5-2-6-23(33(21)22)37-24(17)25(34)30-13-3-4-18-11-14-32(15-12-18)38(35,36)20-9-7-19(8-10-20)26(27,28)29;/h2,5-10,16,18H,3-4,11-15H2,1H3,(H,30,34);1H. The van der Waals surface area contributed by atoms with E-state index in [1.54, 1.807) is 6.20 Å². The number of piperidine rings is 1. The third-order valence-electron chi connectivity index (χ3n) is 7.10. The van der Waals surface area contributed by atoms with Gasteiger partial charge in [-0.15, -0.1) is 12.4 Å². The van der Waals surface area contributed by atoms with Crippen LogP contribution in [-0.4, -0.2) is 47.6 Å². The zero-order chi connectivity index (χ0) is 27.1. The maximum absolute atomic E-state index is 12.9. The number of hydrogen-bond donors (Lipinski definition) is 1. The van der Waals surface area contributed by atoms with Crippen molar-refractivity contribution in [2.24, 2.45) is 5.92 Å². The Morgan fingerprint density at radius 2 is 1.82 bits per heavy atom. The summed E-state index contributed by atoms with van der Waals surface area (Å²) >= 11 is 1.43. The van der Waals surface area contributed by atoms with Crippen molar-refractivity contribution >= 4 is 51.3 Å². The molecule has 0 atom stereocenters. The van der Waals surface area contributed by atoms with Gasteiger partial charge in [0.25, 0.3) is 5.91 Å². The number of nitrogens with one attached hydrogen (secondary N) is 1. The molecule has 2 aliphatic heterocycles. The van der Waals surface area contributed by atoms with Gasteiger partial charge in [0.1, 0.15) is 5.65 Å². The van der Waals surface area contributed by atoms with Crippen LogP contribution in [0.25, 0.3) is 11.2 Å². The number of allylic oxidation sites excluding steroid dienone is 1. The fourth-order valence-corrected chi connectivity index (χ4v) is 7.47. The van der Waals surface area contributed by atoms with E-state index < -0.39 is 21.8 Å². The summed E-state index contributed by atoms with van der Waals surface area (Å²) in [5.41, 5.74) is 1.78. The van der Waals surface area contributed by atoms with Gasteiger partial charge in [0.05, 0.1) is 32.3 Å². The van der Waals surface area contributed by atoms with Gasteiger partial charge in [0.2, 0.25) is 10.0 Å². The highest BCUT2D eigenvalue weighted by atomic mass is 35.5. The molecule has 0 unspecified atom stereocenters. The molecule has 1 fully saturated rings. The van der Waals surface area contributed by atoms with Crippen LogP contribution in [-0.2, 0) is 21.0 Å². The maximum atomic E-state index is 12.9. The highest BCUT2D eigenvalue weighted by Gasteiger charge is 2.33. The molecule has 0 bridgehead atoms. The van der Waals surface area contributed by atoms with E-state index >= 15 is 0 Å². The van der Waals surface area contributed by atoms with E-state index in [1.807, 2.05) is 29.5 Å². The van der Waals surface area contributed by atoms with Crippen LogP contribution in [0.1, 0.15) is 43.9 Å². The molecule has 210 valence electrons. The highest BCUT2D eigenvalue weighted by Crippen LogP contribution is 2.39. The first-order valence-corrected chi connectivity index (χ1v) is 14.6. The average Bonchev–Trinajstić information content (AvgIpc) is 3.34. The first kappa shape index (κ1) is 29.4. The second kappa shape index (κ2) is 11.5. The molecule has 1 amide bonds. The van der Waals surface area contributed by atoms with Crippen LogP contribution in [0.5, 0.6) is 0 Å². The number of carbonyl (C=O) groups is 1. The van der Waals surface area contributed by atoms with E-state index in [9.17, 15) is 26.4 Å². The summed E-state index contributed by atoms with van der Waals surface area (Å²) in [4.78, 5) is 17.9. The number of pyridine rings is 1. The van der Waals surface area contributed by atoms with Crippen molar-refractivity contribution in [1.82, 2.24) is 19.0 Å². The summed E-state index contributed by atoms with van der Waals surface area (Å²) in [5, 5.41) is 3.96. The molecule has 1 aromatic carbocycles. The first-order chi connectivity index (χ1) is 18.1. The first-order valence-electron chi connectivity index (χ1n) is 12.4. The molecule has 2 aliphatic rings. The molecule has 4 heterocycles. The highest BCUT2D eigenvalue weighted by molar-refractivity contribution is 8.04. The van der Waals surface area contributed by atoms with Gasteiger partial charge in [-0.25, -0.2) is 13.4 Å². The Labute approximate surface area is 235 Å². The van der Waals surface area contributed by atoms with Crippen molar-refractivity contribution in [2.45, 2.75) is 48.7 Å². The molecular formula is C26H28ClF3N4O3S2. The van der Waals surface area contributed by atoms with Gasteiger partial charge in [-0.3, -0.25) is 9.20 Å². The molecule has 7 nitrogen and oxygen atoms in total. The summed E-state index contributed by atoms with van der Waals surface area (Å²) < 4.78 is 67.5. The topological polar surface area (TPSA) is 83.8 Å². The fraction of sp³-hybridized carbons (Fsp3) is 0.385. The predicted octanol–water partition coefficient (Wildman–Crippen LogP) is 5.61. The van der Waals surface area contributed by atoms with Crippen molar-refractivity contribution in [3.8, 4) is 0 Å². The number of carbonyl (C=O) groups excluding carboxylic acids is 1. The van der Waals surface area contributed by atoms with Crippen molar-refractivity contribution < 1.29 is 26.4 Å². The van der Waals surface area contributed by atoms with Crippen LogP contribution in [0.4, 0.5) is 13.2 Å². The van der Waals surface area contributed by atoms with Crippen LogP contribution in [0.3, 0.4) is 0 Å². The number of nitrogens with zero attached hydrogens (tertiary/aromatic N) is 3. The number of aromatic nitrogens is 2. The zero-order valence-corrected chi connectivity index (χ0v) is 23.5. The fourth-order valence-electron chi connectivity index (χ4n) is 4.94. The van der Waals surface area contributed by atoms with Gasteiger partial charge < -0.3 is 5.32 Å². The van der Waals surface area contributed by atoms with E-state index in [4.69, 9.17) is 0 Å².